The van der Waals surface area contributed by atoms with E-state index in [1.165, 1.54) is 18.4 Å². The Labute approximate surface area is 184 Å². The van der Waals surface area contributed by atoms with Crippen molar-refractivity contribution in [2.75, 3.05) is 36.5 Å². The van der Waals surface area contributed by atoms with Crippen LogP contribution < -0.4 is 15.5 Å². The second-order valence-corrected chi connectivity index (χ2v) is 7.11. The van der Waals surface area contributed by atoms with E-state index < -0.39 is 17.6 Å². The molecule has 3 aromatic rings. The highest BCUT2D eigenvalue weighted by Crippen LogP contribution is 2.24. The van der Waals surface area contributed by atoms with Gasteiger partial charge in [-0.15, -0.1) is 0 Å². The number of ether oxygens (including phenoxy) is 1. The second kappa shape index (κ2) is 9.93. The Balaban J connectivity index is 1.52. The van der Waals surface area contributed by atoms with Gasteiger partial charge in [0.2, 0.25) is 0 Å². The molecule has 7 nitrogen and oxygen atoms in total. The normalized spacial score (nSPS) is 14.2. The Morgan fingerprint density at radius 1 is 1.00 bits per heavy atom. The number of carbonyl (C=O) groups excluding carboxylic acids is 2. The number of carbonyl (C=O) groups is 2. The van der Waals surface area contributed by atoms with Crippen molar-refractivity contribution in [1.82, 2.24) is 5.32 Å². The van der Waals surface area contributed by atoms with Crippen molar-refractivity contribution in [3.8, 4) is 0 Å². The minimum atomic E-state index is -0.607. The number of anilines is 2. The Morgan fingerprint density at radius 2 is 1.78 bits per heavy atom. The molecule has 32 heavy (non-hydrogen) atoms. The van der Waals surface area contributed by atoms with Gasteiger partial charge < -0.3 is 24.7 Å². The zero-order valence-electron chi connectivity index (χ0n) is 17.2. The number of benzene rings is 2. The van der Waals surface area contributed by atoms with Crippen molar-refractivity contribution in [3.05, 3.63) is 89.8 Å². The van der Waals surface area contributed by atoms with Crippen LogP contribution in [0.5, 0.6) is 0 Å². The number of amides is 2. The van der Waals surface area contributed by atoms with Crippen molar-refractivity contribution in [2.45, 2.75) is 0 Å². The number of morpholine rings is 1. The van der Waals surface area contributed by atoms with Crippen LogP contribution in [0.15, 0.2) is 77.0 Å². The summed E-state index contributed by atoms with van der Waals surface area (Å²) in [6, 6.07) is 16.3. The SMILES string of the molecule is O=C(Nc1ccc(N2CCOCC2)c(F)c1)C(=Cc1ccco1)NC(=O)c1ccccc1. The Kier molecular flexibility index (Phi) is 6.62. The van der Waals surface area contributed by atoms with Gasteiger partial charge >= 0.3 is 0 Å². The third-order valence-electron chi connectivity index (χ3n) is 4.92. The van der Waals surface area contributed by atoms with E-state index in [1.54, 1.807) is 54.6 Å². The van der Waals surface area contributed by atoms with E-state index in [1.807, 2.05) is 4.90 Å². The summed E-state index contributed by atoms with van der Waals surface area (Å²) in [6.07, 6.45) is 2.87. The summed E-state index contributed by atoms with van der Waals surface area (Å²) >= 11 is 0. The lowest BCUT2D eigenvalue weighted by atomic mass is 10.2. The molecule has 4 rings (SSSR count). The van der Waals surface area contributed by atoms with Crippen molar-refractivity contribution in [3.63, 3.8) is 0 Å². The fraction of sp³-hybridized carbons (Fsp3) is 0.167. The van der Waals surface area contributed by atoms with Crippen LogP contribution in [0.1, 0.15) is 16.1 Å². The predicted molar refractivity (Wildman–Crippen MR) is 119 cm³/mol. The van der Waals surface area contributed by atoms with E-state index in [0.29, 0.717) is 43.3 Å². The Bertz CT molecular complexity index is 1110. The molecule has 0 unspecified atom stereocenters. The van der Waals surface area contributed by atoms with Crippen molar-refractivity contribution >= 4 is 29.3 Å². The summed E-state index contributed by atoms with van der Waals surface area (Å²) in [5.41, 5.74) is 1.08. The van der Waals surface area contributed by atoms with E-state index in [4.69, 9.17) is 9.15 Å². The van der Waals surface area contributed by atoms with Crippen LogP contribution >= 0.6 is 0 Å². The first-order chi connectivity index (χ1) is 15.6. The van der Waals surface area contributed by atoms with Gasteiger partial charge in [-0.2, -0.15) is 0 Å². The second-order valence-electron chi connectivity index (χ2n) is 7.11. The van der Waals surface area contributed by atoms with Gasteiger partial charge in [-0.05, 0) is 42.5 Å². The van der Waals surface area contributed by atoms with Crippen molar-refractivity contribution < 1.29 is 23.1 Å². The average molecular weight is 435 g/mol. The van der Waals surface area contributed by atoms with Gasteiger partial charge in [0.25, 0.3) is 11.8 Å². The lowest BCUT2D eigenvalue weighted by molar-refractivity contribution is -0.113. The molecule has 1 aliphatic heterocycles. The first-order valence-electron chi connectivity index (χ1n) is 10.2. The molecular weight excluding hydrogens is 413 g/mol. The maximum Gasteiger partial charge on any atom is 0.272 e. The molecule has 1 fully saturated rings. The zero-order chi connectivity index (χ0) is 22.3. The largest absolute Gasteiger partial charge is 0.465 e. The van der Waals surface area contributed by atoms with Gasteiger partial charge in [0.05, 0.1) is 25.2 Å². The van der Waals surface area contributed by atoms with Crippen LogP contribution in [-0.2, 0) is 9.53 Å². The number of furan rings is 1. The summed E-state index contributed by atoms with van der Waals surface area (Å²) in [5.74, 6) is -1.12. The number of nitrogens with one attached hydrogen (secondary N) is 2. The Hall–Kier alpha value is -3.91. The van der Waals surface area contributed by atoms with Gasteiger partial charge in [0, 0.05) is 30.4 Å². The molecule has 1 aliphatic rings. The van der Waals surface area contributed by atoms with E-state index in [0.717, 1.165) is 0 Å². The molecule has 164 valence electrons. The zero-order valence-corrected chi connectivity index (χ0v) is 17.2. The molecule has 8 heteroatoms. The molecule has 0 radical (unpaired) electrons. The molecule has 0 bridgehead atoms. The third kappa shape index (κ3) is 5.22. The lowest BCUT2D eigenvalue weighted by Crippen LogP contribution is -2.36. The molecule has 2 heterocycles. The monoisotopic (exact) mass is 435 g/mol. The van der Waals surface area contributed by atoms with Crippen molar-refractivity contribution in [2.24, 2.45) is 0 Å². The van der Waals surface area contributed by atoms with E-state index >= 15 is 0 Å². The molecule has 2 amide bonds. The number of hydrogen-bond donors (Lipinski definition) is 2. The number of nitrogens with zero attached hydrogens (tertiary/aromatic N) is 1. The molecule has 1 saturated heterocycles. The predicted octanol–water partition coefficient (Wildman–Crippen LogP) is 3.66. The van der Waals surface area contributed by atoms with Crippen LogP contribution in [-0.4, -0.2) is 38.1 Å². The highest BCUT2D eigenvalue weighted by Gasteiger charge is 2.18. The lowest BCUT2D eigenvalue weighted by Gasteiger charge is -2.29. The molecule has 1 aromatic heterocycles. The summed E-state index contributed by atoms with van der Waals surface area (Å²) in [4.78, 5) is 27.4. The number of rotatable bonds is 6. The molecule has 0 atom stereocenters. The van der Waals surface area contributed by atoms with Gasteiger partial charge in [-0.3, -0.25) is 9.59 Å². The molecule has 0 saturated carbocycles. The maximum atomic E-state index is 14.7. The molecule has 0 aliphatic carbocycles. The first kappa shape index (κ1) is 21.3. The summed E-state index contributed by atoms with van der Waals surface area (Å²) < 4.78 is 25.3. The molecule has 2 N–H and O–H groups in total. The van der Waals surface area contributed by atoms with Crippen LogP contribution in [0.2, 0.25) is 0 Å². The highest BCUT2D eigenvalue weighted by molar-refractivity contribution is 6.10. The van der Waals surface area contributed by atoms with Crippen LogP contribution in [0.3, 0.4) is 0 Å². The van der Waals surface area contributed by atoms with Gasteiger partial charge in [-0.1, -0.05) is 18.2 Å². The molecular formula is C24H22FN3O4. The van der Waals surface area contributed by atoms with E-state index in [9.17, 15) is 14.0 Å². The highest BCUT2D eigenvalue weighted by atomic mass is 19.1. The van der Waals surface area contributed by atoms with E-state index in [-0.39, 0.29) is 11.4 Å². The van der Waals surface area contributed by atoms with Crippen molar-refractivity contribution in [1.29, 1.82) is 0 Å². The molecule has 2 aromatic carbocycles. The standard InChI is InChI=1S/C24H22FN3O4/c25-20-15-18(8-9-22(20)28-10-13-31-14-11-28)26-24(30)21(16-19-7-4-12-32-19)27-23(29)17-5-2-1-3-6-17/h1-9,12,15-16H,10-11,13-14H2,(H,26,30)(H,27,29). The maximum absolute atomic E-state index is 14.7. The number of halogens is 1. The fourth-order valence-corrected chi connectivity index (χ4v) is 3.30. The first-order valence-corrected chi connectivity index (χ1v) is 10.2. The average Bonchev–Trinajstić information content (AvgIpc) is 3.33. The summed E-state index contributed by atoms with van der Waals surface area (Å²) in [7, 11) is 0. The fourth-order valence-electron chi connectivity index (χ4n) is 3.30. The minimum absolute atomic E-state index is 0.0357. The van der Waals surface area contributed by atoms with Gasteiger partial charge in [0.15, 0.2) is 0 Å². The van der Waals surface area contributed by atoms with Crippen LogP contribution in [0, 0.1) is 5.82 Å². The minimum Gasteiger partial charge on any atom is -0.465 e. The summed E-state index contributed by atoms with van der Waals surface area (Å²) in [6.45, 7) is 2.29. The Morgan fingerprint density at radius 3 is 2.47 bits per heavy atom. The van der Waals surface area contributed by atoms with Crippen LogP contribution in [0.25, 0.3) is 6.08 Å². The quantitative estimate of drug-likeness (QED) is 0.578. The topological polar surface area (TPSA) is 83.8 Å². The van der Waals surface area contributed by atoms with Crippen LogP contribution in [0.4, 0.5) is 15.8 Å². The number of hydrogen-bond acceptors (Lipinski definition) is 5. The smallest absolute Gasteiger partial charge is 0.272 e. The van der Waals surface area contributed by atoms with Gasteiger partial charge in [0.1, 0.15) is 17.3 Å². The molecule has 0 spiro atoms. The van der Waals surface area contributed by atoms with Gasteiger partial charge in [-0.25, -0.2) is 4.39 Å². The summed E-state index contributed by atoms with van der Waals surface area (Å²) in [5, 5.41) is 5.24. The third-order valence-corrected chi connectivity index (χ3v) is 4.92. The van der Waals surface area contributed by atoms with E-state index in [2.05, 4.69) is 10.6 Å².